The molecule has 6 nitrogen and oxygen atoms in total. The van der Waals surface area contributed by atoms with E-state index in [1.165, 1.54) is 6.21 Å². The van der Waals surface area contributed by atoms with E-state index in [4.69, 9.17) is 0 Å². The van der Waals surface area contributed by atoms with Crippen molar-refractivity contribution >= 4 is 17.9 Å². The first-order chi connectivity index (χ1) is 14.5. The number of hydrogen-bond acceptors (Lipinski definition) is 4. The third-order valence-corrected chi connectivity index (χ3v) is 4.93. The molecule has 0 unspecified atom stereocenters. The highest BCUT2D eigenvalue weighted by Gasteiger charge is 2.19. The average Bonchev–Trinajstić information content (AvgIpc) is 2.70. The van der Waals surface area contributed by atoms with Gasteiger partial charge in [0.05, 0.1) is 28.9 Å². The van der Waals surface area contributed by atoms with Gasteiger partial charge < -0.3 is 10.4 Å². The van der Waals surface area contributed by atoms with Crippen molar-refractivity contribution in [1.82, 2.24) is 0 Å². The first-order valence-electron chi connectivity index (χ1n) is 10.2. The van der Waals surface area contributed by atoms with E-state index in [0.29, 0.717) is 27.9 Å². The Morgan fingerprint density at radius 3 is 1.97 bits per heavy atom. The monoisotopic (exact) mass is 416 g/mol. The molecule has 0 aliphatic heterocycles. The van der Waals surface area contributed by atoms with Crippen molar-refractivity contribution in [3.8, 4) is 12.1 Å². The Bertz CT molecular complexity index is 1060. The number of urea groups is 1. The van der Waals surface area contributed by atoms with E-state index in [2.05, 4.69) is 22.4 Å². The maximum Gasteiger partial charge on any atom is 0.345 e. The van der Waals surface area contributed by atoms with E-state index in [0.717, 1.165) is 11.1 Å². The fourth-order valence-corrected chi connectivity index (χ4v) is 3.22. The van der Waals surface area contributed by atoms with Gasteiger partial charge in [0.15, 0.2) is 0 Å². The number of amides is 2. The second-order valence-corrected chi connectivity index (χ2v) is 8.65. The summed E-state index contributed by atoms with van der Waals surface area (Å²) < 4.78 is 0. The second-order valence-electron chi connectivity index (χ2n) is 8.65. The first-order valence-corrected chi connectivity index (χ1v) is 10.2. The minimum atomic E-state index is -1.13. The topological polar surface area (TPSA) is 109 Å². The maximum atomic E-state index is 12.6. The van der Waals surface area contributed by atoms with Crippen molar-refractivity contribution in [3.05, 3.63) is 63.7 Å². The van der Waals surface area contributed by atoms with Crippen molar-refractivity contribution in [1.29, 1.82) is 10.5 Å². The lowest BCUT2D eigenvalue weighted by Crippen LogP contribution is -2.16. The predicted octanol–water partition coefficient (Wildman–Crippen LogP) is 5.56. The molecule has 0 aromatic heterocycles. The molecule has 2 amide bonds. The highest BCUT2D eigenvalue weighted by molar-refractivity contribution is 5.99. The Morgan fingerprint density at radius 2 is 1.52 bits per heavy atom. The molecule has 0 saturated heterocycles. The molecule has 0 fully saturated rings. The average molecular weight is 417 g/mol. The van der Waals surface area contributed by atoms with Gasteiger partial charge in [-0.15, -0.1) is 0 Å². The van der Waals surface area contributed by atoms with Crippen LogP contribution in [0.2, 0.25) is 0 Å². The van der Waals surface area contributed by atoms with Gasteiger partial charge in [0.25, 0.3) is 0 Å². The molecule has 0 heterocycles. The summed E-state index contributed by atoms with van der Waals surface area (Å²) in [5, 5.41) is 31.7. The Morgan fingerprint density at radius 1 is 1.00 bits per heavy atom. The van der Waals surface area contributed by atoms with Gasteiger partial charge >= 0.3 is 6.03 Å². The van der Waals surface area contributed by atoms with Crippen LogP contribution in [-0.2, 0) is 5.60 Å². The van der Waals surface area contributed by atoms with E-state index in [1.807, 2.05) is 27.7 Å². The number of carbonyl (C=O) groups is 1. The van der Waals surface area contributed by atoms with Gasteiger partial charge in [0.1, 0.15) is 0 Å². The number of hydrogen-bond donors (Lipinski definition) is 2. The van der Waals surface area contributed by atoms with Crippen LogP contribution in [0, 0.1) is 22.7 Å². The molecule has 31 heavy (non-hydrogen) atoms. The largest absolute Gasteiger partial charge is 0.386 e. The molecule has 2 aromatic rings. The summed E-state index contributed by atoms with van der Waals surface area (Å²) in [7, 11) is 0. The minimum absolute atomic E-state index is 0.103. The van der Waals surface area contributed by atoms with Gasteiger partial charge in [-0.25, -0.2) is 9.79 Å². The normalized spacial score (nSPS) is 11.6. The quantitative estimate of drug-likeness (QED) is 0.622. The fourth-order valence-electron chi connectivity index (χ4n) is 3.22. The summed E-state index contributed by atoms with van der Waals surface area (Å²) in [5.74, 6) is 0.207. The van der Waals surface area contributed by atoms with Gasteiger partial charge in [0, 0.05) is 11.9 Å². The van der Waals surface area contributed by atoms with Crippen LogP contribution in [0.5, 0.6) is 0 Å². The highest BCUT2D eigenvalue weighted by atomic mass is 16.3. The van der Waals surface area contributed by atoms with Crippen LogP contribution in [0.15, 0.2) is 35.3 Å². The van der Waals surface area contributed by atoms with Crippen molar-refractivity contribution in [2.45, 2.75) is 59.0 Å². The molecule has 2 rings (SSSR count). The molecule has 0 bridgehead atoms. The van der Waals surface area contributed by atoms with Crippen molar-refractivity contribution in [2.24, 2.45) is 4.99 Å². The van der Waals surface area contributed by atoms with E-state index in [-0.39, 0.29) is 11.8 Å². The van der Waals surface area contributed by atoms with Gasteiger partial charge in [-0.2, -0.15) is 10.5 Å². The zero-order valence-corrected chi connectivity index (χ0v) is 18.8. The van der Waals surface area contributed by atoms with Crippen LogP contribution in [0.1, 0.15) is 86.8 Å². The summed E-state index contributed by atoms with van der Waals surface area (Å²) in [5.41, 5.74) is 3.33. The molecule has 0 spiro atoms. The first kappa shape index (κ1) is 23.8. The number of aliphatic hydroxyl groups is 1. The van der Waals surface area contributed by atoms with Crippen LogP contribution < -0.4 is 5.32 Å². The molecule has 2 aromatic carbocycles. The van der Waals surface area contributed by atoms with Crippen LogP contribution in [0.3, 0.4) is 0 Å². The highest BCUT2D eigenvalue weighted by Crippen LogP contribution is 2.34. The molecule has 160 valence electrons. The smallest absolute Gasteiger partial charge is 0.345 e. The zero-order valence-electron chi connectivity index (χ0n) is 18.8. The maximum absolute atomic E-state index is 12.6. The summed E-state index contributed by atoms with van der Waals surface area (Å²) in [6, 6.07) is 12.2. The van der Waals surface area contributed by atoms with E-state index < -0.39 is 11.6 Å². The second kappa shape index (κ2) is 9.55. The number of rotatable bonds is 5. The lowest BCUT2D eigenvalue weighted by molar-refractivity contribution is 0.0785. The van der Waals surface area contributed by atoms with Crippen LogP contribution in [-0.4, -0.2) is 17.4 Å². The molecule has 0 aliphatic carbocycles. The molecule has 0 atom stereocenters. The van der Waals surface area contributed by atoms with Gasteiger partial charge in [0.2, 0.25) is 0 Å². The Kier molecular flexibility index (Phi) is 7.33. The fraction of sp³-hybridized carbons (Fsp3) is 0.360. The molecule has 0 radical (unpaired) electrons. The van der Waals surface area contributed by atoms with E-state index in [1.54, 1.807) is 44.2 Å². The van der Waals surface area contributed by atoms with Gasteiger partial charge in [-0.05, 0) is 78.3 Å². The number of nitrogens with one attached hydrogen (secondary N) is 1. The van der Waals surface area contributed by atoms with Gasteiger partial charge in [-0.1, -0.05) is 27.7 Å². The molecular weight excluding hydrogens is 388 g/mol. The van der Waals surface area contributed by atoms with Crippen LogP contribution in [0.4, 0.5) is 10.5 Å². The van der Waals surface area contributed by atoms with Crippen molar-refractivity contribution in [2.75, 3.05) is 5.32 Å². The minimum Gasteiger partial charge on any atom is -0.386 e. The SMILES string of the molecule is CC(C)c1cc(C#N)cc(C(C)C)c1NC(=O)N=Cc1cc(C#N)cc(C(C)(C)O)c1. The van der Waals surface area contributed by atoms with Crippen molar-refractivity contribution in [3.63, 3.8) is 0 Å². The number of nitrogens with zero attached hydrogens (tertiary/aromatic N) is 3. The van der Waals surface area contributed by atoms with E-state index >= 15 is 0 Å². The summed E-state index contributed by atoms with van der Waals surface area (Å²) in [6.07, 6.45) is 1.37. The molecule has 6 heteroatoms. The molecule has 0 aliphatic rings. The molecule has 0 saturated carbocycles. The van der Waals surface area contributed by atoms with Crippen LogP contribution >= 0.6 is 0 Å². The number of aliphatic imine (C=N–C) groups is 1. The lowest BCUT2D eigenvalue weighted by Gasteiger charge is -2.20. The molecular formula is C25H28N4O2. The number of benzene rings is 2. The van der Waals surface area contributed by atoms with Crippen molar-refractivity contribution < 1.29 is 9.90 Å². The summed E-state index contributed by atoms with van der Waals surface area (Å²) >= 11 is 0. The zero-order chi connectivity index (χ0) is 23.3. The van der Waals surface area contributed by atoms with Crippen LogP contribution in [0.25, 0.3) is 0 Å². The van der Waals surface area contributed by atoms with E-state index in [9.17, 15) is 20.4 Å². The third kappa shape index (κ3) is 6.01. The Balaban J connectivity index is 2.40. The standard InChI is InChI=1S/C25H28N4O2/c1-15(2)21-10-18(13-27)11-22(16(3)4)23(21)29-24(30)28-14-19-7-17(12-26)8-20(9-19)25(5,6)31/h7-11,14-16,31H,1-6H3,(H,29,30). The third-order valence-electron chi connectivity index (χ3n) is 4.93. The number of carbonyl (C=O) groups excluding carboxylic acids is 1. The number of nitriles is 2. The Hall–Kier alpha value is -3.48. The lowest BCUT2D eigenvalue weighted by atomic mass is 9.90. The predicted molar refractivity (Wildman–Crippen MR) is 122 cm³/mol. The summed E-state index contributed by atoms with van der Waals surface area (Å²) in [4.78, 5) is 16.6. The number of anilines is 1. The molecule has 2 N–H and O–H groups in total. The van der Waals surface area contributed by atoms with Gasteiger partial charge in [-0.3, -0.25) is 0 Å². The summed E-state index contributed by atoms with van der Waals surface area (Å²) in [6.45, 7) is 11.3. The Labute approximate surface area is 183 Å².